The molecule has 0 saturated carbocycles. The monoisotopic (exact) mass is 406 g/mol. The predicted molar refractivity (Wildman–Crippen MR) is 101 cm³/mol. The Bertz CT molecular complexity index is 827. The zero-order chi connectivity index (χ0) is 21.3. The fourth-order valence-electron chi connectivity index (χ4n) is 4.38. The average molecular weight is 406 g/mol. The summed E-state index contributed by atoms with van der Waals surface area (Å²) in [6.45, 7) is 2.89. The van der Waals surface area contributed by atoms with Gasteiger partial charge in [-0.25, -0.2) is 4.79 Å². The van der Waals surface area contributed by atoms with E-state index in [1.807, 2.05) is 0 Å². The average Bonchev–Trinajstić information content (AvgIpc) is 3.21. The van der Waals surface area contributed by atoms with Crippen LogP contribution in [0.2, 0.25) is 0 Å². The molecule has 2 aliphatic rings. The Balaban J connectivity index is 2.18. The Morgan fingerprint density at radius 3 is 2.48 bits per heavy atom. The van der Waals surface area contributed by atoms with Crippen molar-refractivity contribution in [1.82, 2.24) is 10.2 Å². The summed E-state index contributed by atoms with van der Waals surface area (Å²) in [5.41, 5.74) is -1.17. The number of imide groups is 1. The third-order valence-electron chi connectivity index (χ3n) is 5.72. The maximum absolute atomic E-state index is 13.1. The lowest BCUT2D eigenvalue weighted by Gasteiger charge is -2.31. The summed E-state index contributed by atoms with van der Waals surface area (Å²) in [7, 11) is 3.00. The first-order valence-electron chi connectivity index (χ1n) is 9.53. The molecule has 2 saturated heterocycles. The van der Waals surface area contributed by atoms with Crippen LogP contribution < -0.4 is 14.8 Å². The first kappa shape index (κ1) is 21.1. The number of methoxy groups -OCH3 is 2. The highest BCUT2D eigenvalue weighted by Crippen LogP contribution is 2.50. The maximum atomic E-state index is 13.1. The number of nitrogens with zero attached hydrogens (tertiary/aromatic N) is 1. The van der Waals surface area contributed by atoms with Gasteiger partial charge in [0.25, 0.3) is 0 Å². The molecule has 2 fully saturated rings. The number of benzene rings is 1. The van der Waals surface area contributed by atoms with Crippen LogP contribution >= 0.6 is 0 Å². The molecular formula is C20H26N2O7. The molecule has 29 heavy (non-hydrogen) atoms. The van der Waals surface area contributed by atoms with Gasteiger partial charge in [-0.05, 0) is 32.0 Å². The van der Waals surface area contributed by atoms with E-state index in [2.05, 4.69) is 5.32 Å². The fourth-order valence-corrected chi connectivity index (χ4v) is 4.38. The molecule has 0 spiro atoms. The molecule has 2 aliphatic heterocycles. The van der Waals surface area contributed by atoms with E-state index in [1.165, 1.54) is 14.2 Å². The van der Waals surface area contributed by atoms with Crippen LogP contribution in [0.5, 0.6) is 11.5 Å². The number of likely N-dealkylation sites (tertiary alicyclic amines) is 1. The Kier molecular flexibility index (Phi) is 5.81. The van der Waals surface area contributed by atoms with E-state index in [9.17, 15) is 19.5 Å². The number of rotatable bonds is 7. The van der Waals surface area contributed by atoms with Crippen molar-refractivity contribution in [3.05, 3.63) is 23.8 Å². The van der Waals surface area contributed by atoms with Gasteiger partial charge in [-0.3, -0.25) is 19.8 Å². The number of ether oxygens (including phenoxy) is 3. The molecule has 158 valence electrons. The minimum atomic E-state index is -1.73. The van der Waals surface area contributed by atoms with Gasteiger partial charge in [0.05, 0.1) is 39.3 Å². The van der Waals surface area contributed by atoms with Gasteiger partial charge >= 0.3 is 5.97 Å². The summed E-state index contributed by atoms with van der Waals surface area (Å²) >= 11 is 0. The summed E-state index contributed by atoms with van der Waals surface area (Å²) < 4.78 is 15.9. The summed E-state index contributed by atoms with van der Waals surface area (Å²) in [6, 6.07) is 4.33. The molecule has 0 radical (unpaired) electrons. The van der Waals surface area contributed by atoms with Crippen molar-refractivity contribution in [2.24, 2.45) is 11.8 Å². The van der Waals surface area contributed by atoms with Crippen LogP contribution in [0.25, 0.3) is 0 Å². The smallest absolute Gasteiger partial charge is 0.329 e. The van der Waals surface area contributed by atoms with Gasteiger partial charge in [0.1, 0.15) is 11.5 Å². The molecule has 2 amide bonds. The zero-order valence-corrected chi connectivity index (χ0v) is 16.9. The number of fused-ring (bicyclic) bond motifs is 1. The summed E-state index contributed by atoms with van der Waals surface area (Å²) in [5, 5.41) is 13.3. The molecule has 3 rings (SSSR count). The summed E-state index contributed by atoms with van der Waals surface area (Å²) in [4.78, 5) is 40.2. The van der Waals surface area contributed by atoms with Gasteiger partial charge in [-0.2, -0.15) is 0 Å². The van der Waals surface area contributed by atoms with Crippen LogP contribution in [0, 0.1) is 11.8 Å². The Morgan fingerprint density at radius 1 is 1.21 bits per heavy atom. The highest BCUT2D eigenvalue weighted by atomic mass is 16.5. The van der Waals surface area contributed by atoms with Crippen molar-refractivity contribution >= 4 is 17.8 Å². The molecule has 4 atom stereocenters. The molecule has 2 heterocycles. The Hall–Kier alpha value is -2.65. The van der Waals surface area contributed by atoms with Gasteiger partial charge in [-0.15, -0.1) is 0 Å². The van der Waals surface area contributed by atoms with Gasteiger partial charge < -0.3 is 19.3 Å². The number of nitrogens with one attached hydrogen (secondary N) is 1. The van der Waals surface area contributed by atoms with Crippen LogP contribution in [-0.4, -0.2) is 67.3 Å². The predicted octanol–water partition coefficient (Wildman–Crippen LogP) is 0.263. The summed E-state index contributed by atoms with van der Waals surface area (Å²) in [6.07, 6.45) is 0. The number of carbonyl (C=O) groups is 3. The first-order valence-corrected chi connectivity index (χ1v) is 9.53. The lowest BCUT2D eigenvalue weighted by Crippen LogP contribution is -2.59. The second-order valence-electron chi connectivity index (χ2n) is 7.00. The van der Waals surface area contributed by atoms with Crippen LogP contribution in [0.3, 0.4) is 0 Å². The normalized spacial score (nSPS) is 28.4. The van der Waals surface area contributed by atoms with Crippen molar-refractivity contribution < 1.29 is 33.7 Å². The van der Waals surface area contributed by atoms with Crippen molar-refractivity contribution in [2.75, 3.05) is 34.0 Å². The molecule has 2 N–H and O–H groups in total. The lowest BCUT2D eigenvalue weighted by molar-refractivity contribution is -0.158. The van der Waals surface area contributed by atoms with E-state index < -0.39 is 47.8 Å². The van der Waals surface area contributed by atoms with Crippen molar-refractivity contribution in [2.45, 2.75) is 25.4 Å². The van der Waals surface area contributed by atoms with E-state index in [0.717, 1.165) is 4.90 Å². The Morgan fingerprint density at radius 2 is 1.93 bits per heavy atom. The first-order chi connectivity index (χ1) is 13.9. The number of hydrogen-bond donors (Lipinski definition) is 2. The van der Waals surface area contributed by atoms with Gasteiger partial charge in [0.15, 0.2) is 5.54 Å². The van der Waals surface area contributed by atoms with E-state index in [4.69, 9.17) is 14.2 Å². The number of esters is 1. The topological polar surface area (TPSA) is 114 Å². The molecule has 0 aromatic heterocycles. The minimum Gasteiger partial charge on any atom is -0.497 e. The number of aliphatic hydroxyl groups excluding tert-OH is 1. The highest BCUT2D eigenvalue weighted by Gasteiger charge is 2.68. The molecule has 9 heteroatoms. The van der Waals surface area contributed by atoms with Gasteiger partial charge in [-0.1, -0.05) is 0 Å². The van der Waals surface area contributed by atoms with E-state index in [-0.39, 0.29) is 13.2 Å². The van der Waals surface area contributed by atoms with Crippen LogP contribution in [0.15, 0.2) is 18.2 Å². The van der Waals surface area contributed by atoms with E-state index >= 15 is 0 Å². The molecule has 0 bridgehead atoms. The van der Waals surface area contributed by atoms with Crippen LogP contribution in [0.1, 0.15) is 25.5 Å². The number of amides is 2. The highest BCUT2D eigenvalue weighted by molar-refractivity contribution is 6.09. The zero-order valence-electron chi connectivity index (χ0n) is 16.9. The minimum absolute atomic E-state index is 0.0758. The number of hydrogen-bond acceptors (Lipinski definition) is 8. The number of aliphatic hydroxyl groups is 1. The standard InChI is InChI=1S/C20H26N2O7/c1-5-22-17(24)14-15(18(22)25)20(10-23,19(26)29-6-2)21-16(14)12-9-11(27-3)7-8-13(12)28-4/h7-9,14-16,21,23H,5-6,10H2,1-4H3/t14-,15+,16-,20-/m1/s1. The molecular weight excluding hydrogens is 380 g/mol. The van der Waals surface area contributed by atoms with E-state index in [0.29, 0.717) is 17.1 Å². The van der Waals surface area contributed by atoms with Crippen LogP contribution in [0.4, 0.5) is 0 Å². The molecule has 0 aliphatic carbocycles. The molecule has 1 aromatic carbocycles. The fraction of sp³-hybridized carbons (Fsp3) is 0.550. The third-order valence-corrected chi connectivity index (χ3v) is 5.72. The van der Waals surface area contributed by atoms with Crippen molar-refractivity contribution in [3.8, 4) is 11.5 Å². The maximum Gasteiger partial charge on any atom is 0.329 e. The van der Waals surface area contributed by atoms with Gasteiger partial charge in [0, 0.05) is 18.2 Å². The SMILES string of the molecule is CCOC(=O)[C@]1(CO)N[C@H](c2cc(OC)ccc2OC)[C@@H]2C(=O)N(CC)C(=O)[C@H]21. The second kappa shape index (κ2) is 8.00. The Labute approximate surface area is 168 Å². The number of carbonyl (C=O) groups excluding carboxylic acids is 3. The van der Waals surface area contributed by atoms with E-state index in [1.54, 1.807) is 32.0 Å². The van der Waals surface area contributed by atoms with Crippen LogP contribution in [-0.2, 0) is 19.1 Å². The largest absolute Gasteiger partial charge is 0.497 e. The molecule has 9 nitrogen and oxygen atoms in total. The molecule has 1 aromatic rings. The second-order valence-corrected chi connectivity index (χ2v) is 7.00. The lowest BCUT2D eigenvalue weighted by atomic mass is 9.79. The summed E-state index contributed by atoms with van der Waals surface area (Å²) in [5.74, 6) is -2.64. The van der Waals surface area contributed by atoms with Gasteiger partial charge in [0.2, 0.25) is 11.8 Å². The van der Waals surface area contributed by atoms with Crippen molar-refractivity contribution in [1.29, 1.82) is 0 Å². The molecule has 0 unspecified atom stereocenters. The third kappa shape index (κ3) is 3.05. The quantitative estimate of drug-likeness (QED) is 0.490. The van der Waals surface area contributed by atoms with Crippen molar-refractivity contribution in [3.63, 3.8) is 0 Å².